The number of alkyl halides is 3. The Morgan fingerprint density at radius 2 is 1.67 bits per heavy atom. The van der Waals surface area contributed by atoms with E-state index in [9.17, 15) is 18.0 Å². The van der Waals surface area contributed by atoms with Gasteiger partial charge in [-0.15, -0.1) is 0 Å². The number of halogens is 3. The molecule has 3 aromatic carbocycles. The number of ketones is 1. The Morgan fingerprint density at radius 3 is 2.29 bits per heavy atom. The van der Waals surface area contributed by atoms with Crippen LogP contribution in [0.1, 0.15) is 22.8 Å². The summed E-state index contributed by atoms with van der Waals surface area (Å²) in [6.07, 6.45) is -4.37. The highest BCUT2D eigenvalue weighted by molar-refractivity contribution is 5.99. The maximum atomic E-state index is 12.6. The Morgan fingerprint density at radius 1 is 0.958 bits per heavy atom. The Labute approximate surface area is 136 Å². The van der Waals surface area contributed by atoms with Gasteiger partial charge in [-0.3, -0.25) is 4.79 Å². The molecule has 0 spiro atoms. The minimum atomic E-state index is -4.37. The lowest BCUT2D eigenvalue weighted by Gasteiger charge is -2.11. The molecule has 0 saturated carbocycles. The summed E-state index contributed by atoms with van der Waals surface area (Å²) in [7, 11) is 0. The lowest BCUT2D eigenvalue weighted by Crippen LogP contribution is -2.04. The minimum absolute atomic E-state index is 0.0361. The molecule has 0 fully saturated rings. The van der Waals surface area contributed by atoms with Gasteiger partial charge in [0.15, 0.2) is 5.78 Å². The Bertz CT molecular complexity index is 897. The third kappa shape index (κ3) is 3.25. The predicted octanol–water partition coefficient (Wildman–Crippen LogP) is 5.85. The average Bonchev–Trinajstić information content (AvgIpc) is 2.54. The topological polar surface area (TPSA) is 26.3 Å². The number of hydrogen-bond donors (Lipinski definition) is 0. The van der Waals surface area contributed by atoms with Gasteiger partial charge in [-0.2, -0.15) is 13.2 Å². The van der Waals surface area contributed by atoms with Gasteiger partial charge >= 0.3 is 6.18 Å². The molecule has 0 amide bonds. The maximum absolute atomic E-state index is 12.6. The second-order valence-electron chi connectivity index (χ2n) is 5.37. The van der Waals surface area contributed by atoms with Gasteiger partial charge in [-0.25, -0.2) is 0 Å². The largest absolute Gasteiger partial charge is 0.457 e. The molecule has 0 aliphatic carbocycles. The van der Waals surface area contributed by atoms with Crippen molar-refractivity contribution in [2.24, 2.45) is 0 Å². The van der Waals surface area contributed by atoms with E-state index in [1.54, 1.807) is 30.3 Å². The molecule has 0 N–H and O–H groups in total. The molecule has 2 nitrogen and oxygen atoms in total. The Kier molecular flexibility index (Phi) is 4.01. The maximum Gasteiger partial charge on any atom is 0.416 e. The molecule has 0 atom stereocenters. The molecular weight excluding hydrogens is 317 g/mol. The first kappa shape index (κ1) is 16.1. The number of hydrogen-bond acceptors (Lipinski definition) is 2. The van der Waals surface area contributed by atoms with E-state index in [2.05, 4.69) is 0 Å². The van der Waals surface area contributed by atoms with Crippen LogP contribution in [0.5, 0.6) is 11.5 Å². The summed E-state index contributed by atoms with van der Waals surface area (Å²) in [6.45, 7) is 1.49. The molecule has 24 heavy (non-hydrogen) atoms. The van der Waals surface area contributed by atoms with Gasteiger partial charge in [0.05, 0.1) is 5.56 Å². The van der Waals surface area contributed by atoms with E-state index in [1.165, 1.54) is 19.1 Å². The molecular formula is C19H13F3O2. The van der Waals surface area contributed by atoms with Crippen molar-refractivity contribution in [1.29, 1.82) is 0 Å². The molecule has 0 saturated heterocycles. The van der Waals surface area contributed by atoms with E-state index in [-0.39, 0.29) is 5.78 Å². The number of rotatable bonds is 3. The fourth-order valence-electron chi connectivity index (χ4n) is 2.40. The van der Waals surface area contributed by atoms with Crippen molar-refractivity contribution in [2.75, 3.05) is 0 Å². The number of carbonyl (C=O) groups excluding carboxylic acids is 1. The van der Waals surface area contributed by atoms with Crippen molar-refractivity contribution in [1.82, 2.24) is 0 Å². The molecule has 0 heterocycles. The minimum Gasteiger partial charge on any atom is -0.457 e. The number of fused-ring (bicyclic) bond motifs is 1. The van der Waals surface area contributed by atoms with E-state index < -0.39 is 11.7 Å². The van der Waals surface area contributed by atoms with Crippen LogP contribution in [0, 0.1) is 0 Å². The van der Waals surface area contributed by atoms with Crippen LogP contribution in [0.3, 0.4) is 0 Å². The van der Waals surface area contributed by atoms with E-state index in [0.717, 1.165) is 22.9 Å². The zero-order chi connectivity index (χ0) is 17.3. The van der Waals surface area contributed by atoms with Crippen LogP contribution in [0.4, 0.5) is 13.2 Å². The Balaban J connectivity index is 1.94. The molecule has 3 aromatic rings. The summed E-state index contributed by atoms with van der Waals surface area (Å²) >= 11 is 0. The first-order valence-electron chi connectivity index (χ1n) is 7.23. The third-order valence-electron chi connectivity index (χ3n) is 3.66. The van der Waals surface area contributed by atoms with Crippen LogP contribution in [-0.2, 0) is 6.18 Å². The van der Waals surface area contributed by atoms with Gasteiger partial charge in [0, 0.05) is 10.9 Å². The second-order valence-corrected chi connectivity index (χ2v) is 5.37. The van der Waals surface area contributed by atoms with Crippen molar-refractivity contribution in [3.8, 4) is 11.5 Å². The van der Waals surface area contributed by atoms with Crippen molar-refractivity contribution in [3.05, 3.63) is 71.8 Å². The summed E-state index contributed by atoms with van der Waals surface area (Å²) in [4.78, 5) is 11.5. The quantitative estimate of drug-likeness (QED) is 0.563. The molecule has 3 rings (SSSR count). The standard InChI is InChI=1S/C19H13F3O2/c1-12(23)13-5-10-17-14(11-13)3-2-4-18(17)24-16-8-6-15(7-9-16)19(20,21)22/h2-11H,1H3. The third-order valence-corrected chi connectivity index (χ3v) is 3.66. The SMILES string of the molecule is CC(=O)c1ccc2c(Oc3ccc(C(F)(F)F)cc3)cccc2c1. The second kappa shape index (κ2) is 6.00. The first-order chi connectivity index (χ1) is 11.3. The summed E-state index contributed by atoms with van der Waals surface area (Å²) in [6, 6.07) is 15.1. The van der Waals surface area contributed by atoms with Crippen LogP contribution < -0.4 is 4.74 Å². The zero-order valence-corrected chi connectivity index (χ0v) is 12.7. The zero-order valence-electron chi connectivity index (χ0n) is 12.7. The molecule has 0 bridgehead atoms. The van der Waals surface area contributed by atoms with Gasteiger partial charge in [-0.1, -0.05) is 18.2 Å². The van der Waals surface area contributed by atoms with Crippen molar-refractivity contribution in [2.45, 2.75) is 13.1 Å². The van der Waals surface area contributed by atoms with Gasteiger partial charge in [-0.05, 0) is 54.8 Å². The highest BCUT2D eigenvalue weighted by Crippen LogP contribution is 2.33. The molecule has 5 heteroatoms. The van der Waals surface area contributed by atoms with Crippen LogP contribution in [0.2, 0.25) is 0 Å². The van der Waals surface area contributed by atoms with Crippen LogP contribution >= 0.6 is 0 Å². The molecule has 0 unspecified atom stereocenters. The van der Waals surface area contributed by atoms with E-state index >= 15 is 0 Å². The summed E-state index contributed by atoms with van der Waals surface area (Å²) in [5.41, 5.74) is -0.131. The predicted molar refractivity (Wildman–Crippen MR) is 85.5 cm³/mol. The summed E-state index contributed by atoms with van der Waals surface area (Å²) in [5, 5.41) is 1.61. The van der Waals surface area contributed by atoms with Crippen LogP contribution in [0.15, 0.2) is 60.7 Å². The fraction of sp³-hybridized carbons (Fsp3) is 0.105. The van der Waals surface area contributed by atoms with Crippen molar-refractivity contribution in [3.63, 3.8) is 0 Å². The van der Waals surface area contributed by atoms with Crippen LogP contribution in [-0.4, -0.2) is 5.78 Å². The summed E-state index contributed by atoms with van der Waals surface area (Å²) in [5.74, 6) is 0.791. The highest BCUT2D eigenvalue weighted by atomic mass is 19.4. The number of benzene rings is 3. The number of Topliss-reactive ketones (excluding diaryl/α,β-unsaturated/α-hetero) is 1. The molecule has 0 aliphatic heterocycles. The van der Waals surface area contributed by atoms with Gasteiger partial charge < -0.3 is 4.74 Å². The molecule has 122 valence electrons. The van der Waals surface area contributed by atoms with E-state index in [1.807, 2.05) is 6.07 Å². The lowest BCUT2D eigenvalue weighted by molar-refractivity contribution is -0.137. The average molecular weight is 330 g/mol. The highest BCUT2D eigenvalue weighted by Gasteiger charge is 2.30. The van der Waals surface area contributed by atoms with E-state index in [0.29, 0.717) is 17.1 Å². The van der Waals surface area contributed by atoms with Crippen molar-refractivity contribution >= 4 is 16.6 Å². The molecule has 0 aromatic heterocycles. The number of carbonyl (C=O) groups is 1. The monoisotopic (exact) mass is 330 g/mol. The lowest BCUT2D eigenvalue weighted by atomic mass is 10.0. The number of ether oxygens (including phenoxy) is 1. The normalized spacial score (nSPS) is 11.5. The molecule has 0 radical (unpaired) electrons. The van der Waals surface area contributed by atoms with Gasteiger partial charge in [0.1, 0.15) is 11.5 Å². The summed E-state index contributed by atoms with van der Waals surface area (Å²) < 4.78 is 43.5. The van der Waals surface area contributed by atoms with Gasteiger partial charge in [0.2, 0.25) is 0 Å². The Hall–Kier alpha value is -2.82. The van der Waals surface area contributed by atoms with Gasteiger partial charge in [0.25, 0.3) is 0 Å². The first-order valence-corrected chi connectivity index (χ1v) is 7.23. The van der Waals surface area contributed by atoms with E-state index in [4.69, 9.17) is 4.74 Å². The smallest absolute Gasteiger partial charge is 0.416 e. The fourth-order valence-corrected chi connectivity index (χ4v) is 2.40. The van der Waals surface area contributed by atoms with Crippen molar-refractivity contribution < 1.29 is 22.7 Å². The van der Waals surface area contributed by atoms with Crippen LogP contribution in [0.25, 0.3) is 10.8 Å². The molecule has 0 aliphatic rings.